The van der Waals surface area contributed by atoms with Crippen LogP contribution in [0.15, 0.2) is 16.8 Å². The van der Waals surface area contributed by atoms with Gasteiger partial charge in [-0.3, -0.25) is 10.1 Å². The van der Waals surface area contributed by atoms with Crippen molar-refractivity contribution in [2.45, 2.75) is 33.2 Å². The van der Waals surface area contributed by atoms with Crippen LogP contribution in [0.2, 0.25) is 0 Å². The van der Waals surface area contributed by atoms with Gasteiger partial charge in [0.25, 0.3) is 5.69 Å². The zero-order chi connectivity index (χ0) is 15.7. The van der Waals surface area contributed by atoms with Crippen LogP contribution in [0.5, 0.6) is 0 Å². The first-order chi connectivity index (χ1) is 10.6. The lowest BCUT2D eigenvalue weighted by molar-refractivity contribution is -0.385. The van der Waals surface area contributed by atoms with Gasteiger partial charge in [0.05, 0.1) is 10.6 Å². The van der Waals surface area contributed by atoms with E-state index in [2.05, 4.69) is 20.2 Å². The largest absolute Gasteiger partial charge is 0.339 e. The maximum Gasteiger partial charge on any atom is 0.288 e. The summed E-state index contributed by atoms with van der Waals surface area (Å²) in [4.78, 5) is 18.8. The van der Waals surface area contributed by atoms with Gasteiger partial charge in [0.2, 0.25) is 5.89 Å². The number of aromatic nitrogens is 5. The fourth-order valence-electron chi connectivity index (χ4n) is 2.21. The van der Waals surface area contributed by atoms with E-state index < -0.39 is 4.92 Å². The molecule has 0 aromatic carbocycles. The number of hydrogen-bond donors (Lipinski definition) is 0. The minimum absolute atomic E-state index is 0.0556. The van der Waals surface area contributed by atoms with Crippen molar-refractivity contribution in [1.82, 2.24) is 24.9 Å². The Morgan fingerprint density at radius 1 is 1.45 bits per heavy atom. The Balaban J connectivity index is 1.95. The van der Waals surface area contributed by atoms with Crippen molar-refractivity contribution in [2.75, 3.05) is 0 Å². The Kier molecular flexibility index (Phi) is 3.53. The van der Waals surface area contributed by atoms with E-state index in [1.807, 2.05) is 6.92 Å². The van der Waals surface area contributed by atoms with Crippen molar-refractivity contribution >= 4 is 16.7 Å². The highest BCUT2D eigenvalue weighted by molar-refractivity contribution is 5.80. The van der Waals surface area contributed by atoms with Crippen molar-refractivity contribution in [2.24, 2.45) is 0 Å². The number of rotatable bonds is 5. The van der Waals surface area contributed by atoms with Gasteiger partial charge in [-0.2, -0.15) is 10.1 Å². The number of nitro groups is 1. The van der Waals surface area contributed by atoms with E-state index in [1.54, 1.807) is 11.6 Å². The van der Waals surface area contributed by atoms with Crippen molar-refractivity contribution in [3.8, 4) is 0 Å². The summed E-state index contributed by atoms with van der Waals surface area (Å²) in [6.45, 7) is 4.12. The number of nitrogens with zero attached hydrogens (tertiary/aromatic N) is 6. The van der Waals surface area contributed by atoms with Crippen LogP contribution in [0, 0.1) is 17.0 Å². The average molecular weight is 302 g/mol. The van der Waals surface area contributed by atoms with Crippen molar-refractivity contribution in [3.05, 3.63) is 39.8 Å². The average Bonchev–Trinajstić information content (AvgIpc) is 3.05. The molecular weight excluding hydrogens is 288 g/mol. The molecular formula is C13H14N6O3. The molecule has 0 atom stereocenters. The van der Waals surface area contributed by atoms with Crippen molar-refractivity contribution in [1.29, 1.82) is 0 Å². The number of hydrogen-bond acceptors (Lipinski definition) is 7. The van der Waals surface area contributed by atoms with E-state index in [4.69, 9.17) is 4.52 Å². The lowest BCUT2D eigenvalue weighted by atomic mass is 10.2. The van der Waals surface area contributed by atoms with Crippen LogP contribution in [0.25, 0.3) is 11.0 Å². The van der Waals surface area contributed by atoms with Crippen LogP contribution >= 0.6 is 0 Å². The van der Waals surface area contributed by atoms with Crippen LogP contribution in [-0.4, -0.2) is 29.8 Å². The molecule has 0 spiro atoms. The lowest BCUT2D eigenvalue weighted by Crippen LogP contribution is -2.04. The molecule has 0 fully saturated rings. The van der Waals surface area contributed by atoms with E-state index in [1.165, 1.54) is 12.3 Å². The Morgan fingerprint density at radius 2 is 2.27 bits per heavy atom. The van der Waals surface area contributed by atoms with Gasteiger partial charge in [-0.1, -0.05) is 12.1 Å². The molecule has 0 aliphatic rings. The van der Waals surface area contributed by atoms with E-state index in [0.717, 1.165) is 12.8 Å². The summed E-state index contributed by atoms with van der Waals surface area (Å²) in [7, 11) is 0. The lowest BCUT2D eigenvalue weighted by Gasteiger charge is -1.98. The second-order valence-corrected chi connectivity index (χ2v) is 4.92. The van der Waals surface area contributed by atoms with Crippen LogP contribution in [0.3, 0.4) is 0 Å². The molecule has 22 heavy (non-hydrogen) atoms. The van der Waals surface area contributed by atoms with Gasteiger partial charge < -0.3 is 4.52 Å². The second-order valence-electron chi connectivity index (χ2n) is 4.92. The van der Waals surface area contributed by atoms with Gasteiger partial charge in [0.1, 0.15) is 12.7 Å². The number of fused-ring (bicyclic) bond motifs is 1. The molecule has 0 aliphatic heterocycles. The van der Waals surface area contributed by atoms with Gasteiger partial charge in [-0.25, -0.2) is 9.67 Å². The summed E-state index contributed by atoms with van der Waals surface area (Å²) < 4.78 is 6.75. The highest BCUT2D eigenvalue weighted by Crippen LogP contribution is 2.21. The fraction of sp³-hybridized carbons (Fsp3) is 0.385. The topological polar surface area (TPSA) is 113 Å². The van der Waals surface area contributed by atoms with Crippen molar-refractivity contribution in [3.63, 3.8) is 0 Å². The van der Waals surface area contributed by atoms with Gasteiger partial charge in [0.15, 0.2) is 11.5 Å². The molecule has 0 saturated heterocycles. The van der Waals surface area contributed by atoms with Crippen molar-refractivity contribution < 1.29 is 9.45 Å². The molecule has 0 bridgehead atoms. The monoisotopic (exact) mass is 302 g/mol. The van der Waals surface area contributed by atoms with E-state index in [0.29, 0.717) is 35.0 Å². The molecule has 3 aromatic heterocycles. The Labute approximate surface area is 125 Å². The fourth-order valence-corrected chi connectivity index (χ4v) is 2.21. The number of pyridine rings is 1. The van der Waals surface area contributed by atoms with E-state index in [-0.39, 0.29) is 5.69 Å². The highest BCUT2D eigenvalue weighted by Gasteiger charge is 2.16. The molecule has 3 rings (SSSR count). The zero-order valence-corrected chi connectivity index (χ0v) is 12.2. The summed E-state index contributed by atoms with van der Waals surface area (Å²) in [6.07, 6.45) is 2.88. The summed E-state index contributed by atoms with van der Waals surface area (Å²) in [6, 6.07) is 1.47. The maximum absolute atomic E-state index is 10.8. The standard InChI is InChI=1S/C13H14N6O3/c1-3-4-12-15-11(17-22-12)7-18-13-10(8(2)16-18)5-9(6-14-13)19(20)21/h5-6H,3-4,7H2,1-2H3. The van der Waals surface area contributed by atoms with Gasteiger partial charge >= 0.3 is 0 Å². The van der Waals surface area contributed by atoms with Gasteiger partial charge in [-0.15, -0.1) is 0 Å². The Hall–Kier alpha value is -2.84. The van der Waals surface area contributed by atoms with Crippen LogP contribution in [-0.2, 0) is 13.0 Å². The Bertz CT molecular complexity index is 838. The maximum atomic E-state index is 10.8. The van der Waals surface area contributed by atoms with E-state index >= 15 is 0 Å². The highest BCUT2D eigenvalue weighted by atomic mass is 16.6. The molecule has 3 aromatic rings. The first-order valence-electron chi connectivity index (χ1n) is 6.87. The third-order valence-corrected chi connectivity index (χ3v) is 3.23. The minimum atomic E-state index is -0.473. The predicted octanol–water partition coefficient (Wildman–Crippen LogP) is 2.03. The molecule has 3 heterocycles. The molecule has 0 radical (unpaired) electrons. The first kappa shape index (κ1) is 14.1. The molecule has 9 nitrogen and oxygen atoms in total. The Morgan fingerprint density at radius 3 is 3.00 bits per heavy atom. The molecule has 114 valence electrons. The zero-order valence-electron chi connectivity index (χ0n) is 12.2. The van der Waals surface area contributed by atoms with E-state index in [9.17, 15) is 10.1 Å². The number of aryl methyl sites for hydroxylation is 2. The van der Waals surface area contributed by atoms with Gasteiger partial charge in [-0.05, 0) is 13.3 Å². The second kappa shape index (κ2) is 5.51. The summed E-state index contributed by atoms with van der Waals surface area (Å²) in [5, 5.41) is 19.7. The molecule has 9 heteroatoms. The molecule has 0 unspecified atom stereocenters. The SMILES string of the molecule is CCCc1nc(Cn2nc(C)c3cc([N+](=O)[O-])cnc32)no1. The molecule has 0 saturated carbocycles. The summed E-state index contributed by atoms with van der Waals surface area (Å²) in [5.74, 6) is 1.10. The first-order valence-corrected chi connectivity index (χ1v) is 6.87. The van der Waals surface area contributed by atoms with Crippen LogP contribution in [0.1, 0.15) is 30.8 Å². The van der Waals surface area contributed by atoms with Crippen LogP contribution < -0.4 is 0 Å². The third kappa shape index (κ3) is 2.52. The molecule has 0 N–H and O–H groups in total. The molecule has 0 amide bonds. The smallest absolute Gasteiger partial charge is 0.288 e. The summed E-state index contributed by atoms with van der Waals surface area (Å²) >= 11 is 0. The van der Waals surface area contributed by atoms with Gasteiger partial charge in [0, 0.05) is 17.9 Å². The third-order valence-electron chi connectivity index (χ3n) is 3.23. The minimum Gasteiger partial charge on any atom is -0.339 e. The summed E-state index contributed by atoms with van der Waals surface area (Å²) in [5.41, 5.74) is 1.17. The normalized spacial score (nSPS) is 11.2. The van der Waals surface area contributed by atoms with Crippen LogP contribution in [0.4, 0.5) is 5.69 Å². The quantitative estimate of drug-likeness (QED) is 0.523. The predicted molar refractivity (Wildman–Crippen MR) is 76.3 cm³/mol. The molecule has 0 aliphatic carbocycles.